The van der Waals surface area contributed by atoms with Crippen molar-refractivity contribution in [1.29, 1.82) is 0 Å². The Labute approximate surface area is 149 Å². The van der Waals surface area contributed by atoms with Crippen molar-refractivity contribution in [2.24, 2.45) is 5.41 Å². The highest BCUT2D eigenvalue weighted by atomic mass is 16.4. The maximum absolute atomic E-state index is 12.1. The van der Waals surface area contributed by atoms with Crippen molar-refractivity contribution < 1.29 is 14.7 Å². The van der Waals surface area contributed by atoms with Crippen LogP contribution in [0.2, 0.25) is 0 Å². The summed E-state index contributed by atoms with van der Waals surface area (Å²) >= 11 is 0. The smallest absolute Gasteiger partial charge is 0.328 e. The van der Waals surface area contributed by atoms with Crippen molar-refractivity contribution in [3.8, 4) is 0 Å². The Morgan fingerprint density at radius 3 is 2.46 bits per heavy atom. The van der Waals surface area contributed by atoms with Gasteiger partial charge < -0.3 is 10.4 Å². The number of H-pyrrole nitrogens is 1. The summed E-state index contributed by atoms with van der Waals surface area (Å²) in [6.07, 6.45) is 0.811. The molecule has 140 valence electrons. The van der Waals surface area contributed by atoms with E-state index in [0.29, 0.717) is 23.7 Å². The van der Waals surface area contributed by atoms with E-state index >= 15 is 0 Å². The molecule has 0 fully saturated rings. The van der Waals surface area contributed by atoms with Gasteiger partial charge in [0, 0.05) is 19.5 Å². The van der Waals surface area contributed by atoms with E-state index in [1.165, 1.54) is 4.57 Å². The van der Waals surface area contributed by atoms with Crippen LogP contribution in [0.1, 0.15) is 33.1 Å². The lowest BCUT2D eigenvalue weighted by molar-refractivity contribution is -0.149. The van der Waals surface area contributed by atoms with E-state index < -0.39 is 22.6 Å². The second-order valence-corrected chi connectivity index (χ2v) is 6.25. The van der Waals surface area contributed by atoms with E-state index in [2.05, 4.69) is 10.3 Å². The average Bonchev–Trinajstić information content (AvgIpc) is 2.62. The number of benzene rings is 1. The molecule has 8 nitrogen and oxygen atoms in total. The van der Waals surface area contributed by atoms with E-state index in [1.807, 2.05) is 0 Å². The van der Waals surface area contributed by atoms with Crippen LogP contribution in [0.25, 0.3) is 10.9 Å². The van der Waals surface area contributed by atoms with Gasteiger partial charge in [0.1, 0.15) is 0 Å². The number of carbonyl (C=O) groups is 2. The highest BCUT2D eigenvalue weighted by molar-refractivity contribution is 5.80. The lowest BCUT2D eigenvalue weighted by atomic mass is 9.82. The zero-order chi connectivity index (χ0) is 19.3. The third kappa shape index (κ3) is 3.84. The minimum absolute atomic E-state index is 0.000920. The monoisotopic (exact) mass is 361 g/mol. The van der Waals surface area contributed by atoms with Gasteiger partial charge in [-0.1, -0.05) is 26.0 Å². The Balaban J connectivity index is 2.11. The van der Waals surface area contributed by atoms with Crippen LogP contribution in [-0.4, -0.2) is 33.1 Å². The number of para-hydroxylation sites is 1. The number of nitrogens with zero attached hydrogens (tertiary/aromatic N) is 1. The molecule has 0 bridgehead atoms. The van der Waals surface area contributed by atoms with E-state index in [0.717, 1.165) is 0 Å². The van der Waals surface area contributed by atoms with Crippen LogP contribution in [0.5, 0.6) is 0 Å². The van der Waals surface area contributed by atoms with Gasteiger partial charge >= 0.3 is 11.7 Å². The number of aromatic nitrogens is 2. The summed E-state index contributed by atoms with van der Waals surface area (Å²) < 4.78 is 1.33. The number of aliphatic carboxylic acids is 1. The molecule has 3 N–H and O–H groups in total. The summed E-state index contributed by atoms with van der Waals surface area (Å²) in [5.41, 5.74) is -1.58. The molecule has 0 aliphatic rings. The first-order chi connectivity index (χ1) is 12.3. The molecule has 1 heterocycles. The molecule has 0 unspecified atom stereocenters. The Morgan fingerprint density at radius 2 is 1.85 bits per heavy atom. The predicted molar refractivity (Wildman–Crippen MR) is 97.1 cm³/mol. The SMILES string of the molecule is CCC(CC)(CNC(=O)CCn1c(=O)[nH]c(=O)c2ccccc21)C(=O)O. The van der Waals surface area contributed by atoms with Crippen LogP contribution in [-0.2, 0) is 16.1 Å². The van der Waals surface area contributed by atoms with Gasteiger partial charge in [0.2, 0.25) is 5.91 Å². The first-order valence-electron chi connectivity index (χ1n) is 8.56. The predicted octanol–water partition coefficient (Wildman–Crippen LogP) is 1.09. The standard InChI is InChI=1S/C18H23N3O5/c1-3-18(4-2,16(24)25)11-19-14(22)9-10-21-13-8-6-5-7-12(13)15(23)20-17(21)26/h5-8H,3-4,9-11H2,1-2H3,(H,19,22)(H,24,25)(H,20,23,26). The zero-order valence-electron chi connectivity index (χ0n) is 14.9. The normalized spacial score (nSPS) is 11.5. The van der Waals surface area contributed by atoms with Crippen LogP contribution in [0.15, 0.2) is 33.9 Å². The number of aromatic amines is 1. The molecule has 0 spiro atoms. The molecule has 0 atom stereocenters. The van der Waals surface area contributed by atoms with Crippen molar-refractivity contribution in [2.45, 2.75) is 39.7 Å². The highest BCUT2D eigenvalue weighted by Crippen LogP contribution is 2.25. The number of carboxylic acid groups (broad SMARTS) is 1. The Morgan fingerprint density at radius 1 is 1.19 bits per heavy atom. The average molecular weight is 361 g/mol. The minimum atomic E-state index is -0.989. The summed E-state index contributed by atoms with van der Waals surface area (Å²) in [5.74, 6) is -1.29. The van der Waals surface area contributed by atoms with Crippen molar-refractivity contribution in [1.82, 2.24) is 14.9 Å². The first-order valence-corrected chi connectivity index (χ1v) is 8.56. The molecule has 26 heavy (non-hydrogen) atoms. The van der Waals surface area contributed by atoms with Crippen molar-refractivity contribution in [3.63, 3.8) is 0 Å². The summed E-state index contributed by atoms with van der Waals surface area (Å²) in [6.45, 7) is 3.67. The maximum Gasteiger partial charge on any atom is 0.328 e. The number of carboxylic acids is 1. The van der Waals surface area contributed by atoms with Crippen LogP contribution in [0.3, 0.4) is 0 Å². The van der Waals surface area contributed by atoms with Crippen LogP contribution in [0.4, 0.5) is 0 Å². The minimum Gasteiger partial charge on any atom is -0.481 e. The third-order valence-corrected chi connectivity index (χ3v) is 4.90. The largest absolute Gasteiger partial charge is 0.481 e. The number of nitrogens with one attached hydrogen (secondary N) is 2. The molecule has 1 amide bonds. The molecule has 0 aliphatic heterocycles. The van der Waals surface area contributed by atoms with Gasteiger partial charge in [0.25, 0.3) is 5.56 Å². The van der Waals surface area contributed by atoms with Crippen LogP contribution in [0, 0.1) is 5.41 Å². The summed E-state index contributed by atoms with van der Waals surface area (Å²) in [6, 6.07) is 6.66. The quantitative estimate of drug-likeness (QED) is 0.650. The molecule has 2 aromatic rings. The molecule has 0 radical (unpaired) electrons. The fourth-order valence-corrected chi connectivity index (χ4v) is 2.91. The van der Waals surface area contributed by atoms with E-state index in [4.69, 9.17) is 0 Å². The van der Waals surface area contributed by atoms with Crippen molar-refractivity contribution >= 4 is 22.8 Å². The van der Waals surface area contributed by atoms with Gasteiger partial charge in [-0.3, -0.25) is 23.9 Å². The molecule has 1 aromatic heterocycles. The first kappa shape index (κ1) is 19.4. The van der Waals surface area contributed by atoms with Gasteiger partial charge in [0.15, 0.2) is 0 Å². The molecule has 2 rings (SSSR count). The zero-order valence-corrected chi connectivity index (χ0v) is 14.9. The lowest BCUT2D eigenvalue weighted by Gasteiger charge is -2.26. The molecule has 0 saturated heterocycles. The molecule has 0 aliphatic carbocycles. The molecule has 0 saturated carbocycles. The number of rotatable bonds is 8. The number of aryl methyl sites for hydroxylation is 1. The molecule has 8 heteroatoms. The van der Waals surface area contributed by atoms with E-state index in [9.17, 15) is 24.3 Å². The number of hydrogen-bond acceptors (Lipinski definition) is 4. The number of hydrogen-bond donors (Lipinski definition) is 3. The second-order valence-electron chi connectivity index (χ2n) is 6.25. The van der Waals surface area contributed by atoms with Gasteiger partial charge in [0.05, 0.1) is 16.3 Å². The van der Waals surface area contributed by atoms with Gasteiger partial charge in [-0.15, -0.1) is 0 Å². The lowest BCUT2D eigenvalue weighted by Crippen LogP contribution is -2.42. The Hall–Kier alpha value is -2.90. The summed E-state index contributed by atoms with van der Waals surface area (Å²) in [5, 5.41) is 12.4. The van der Waals surface area contributed by atoms with Gasteiger partial charge in [-0.25, -0.2) is 4.79 Å². The van der Waals surface area contributed by atoms with E-state index in [1.54, 1.807) is 38.1 Å². The van der Waals surface area contributed by atoms with Crippen molar-refractivity contribution in [2.75, 3.05) is 6.54 Å². The topological polar surface area (TPSA) is 121 Å². The molecular weight excluding hydrogens is 338 g/mol. The maximum atomic E-state index is 12.1. The fourth-order valence-electron chi connectivity index (χ4n) is 2.91. The van der Waals surface area contributed by atoms with Crippen LogP contribution >= 0.6 is 0 Å². The number of amides is 1. The Kier molecular flexibility index (Phi) is 5.97. The van der Waals surface area contributed by atoms with Gasteiger partial charge in [-0.2, -0.15) is 0 Å². The van der Waals surface area contributed by atoms with E-state index in [-0.39, 0.29) is 25.4 Å². The number of carbonyl (C=O) groups excluding carboxylic acids is 1. The second kappa shape index (κ2) is 7.99. The Bertz CT molecular complexity index is 924. The third-order valence-electron chi connectivity index (χ3n) is 4.90. The highest BCUT2D eigenvalue weighted by Gasteiger charge is 2.35. The summed E-state index contributed by atoms with van der Waals surface area (Å²) in [7, 11) is 0. The molecule has 1 aromatic carbocycles. The summed E-state index contributed by atoms with van der Waals surface area (Å²) in [4.78, 5) is 49.7. The number of fused-ring (bicyclic) bond motifs is 1. The van der Waals surface area contributed by atoms with Gasteiger partial charge in [-0.05, 0) is 25.0 Å². The molecular formula is C18H23N3O5. The van der Waals surface area contributed by atoms with Crippen molar-refractivity contribution in [3.05, 3.63) is 45.1 Å². The van der Waals surface area contributed by atoms with Crippen LogP contribution < -0.4 is 16.6 Å². The fraction of sp³-hybridized carbons (Fsp3) is 0.444.